The Bertz CT molecular complexity index is 542. The molecule has 1 rings (SSSR count). The van der Waals surface area contributed by atoms with E-state index >= 15 is 0 Å². The summed E-state index contributed by atoms with van der Waals surface area (Å²) in [5.74, 6) is -1.62. The van der Waals surface area contributed by atoms with Gasteiger partial charge in [-0.3, -0.25) is 19.7 Å². The van der Waals surface area contributed by atoms with Crippen molar-refractivity contribution in [2.75, 3.05) is 13.1 Å². The number of hydrogen-bond acceptors (Lipinski definition) is 4. The number of carbonyl (C=O) groups is 2. The summed E-state index contributed by atoms with van der Waals surface area (Å²) in [5.41, 5.74) is 0.255. The van der Waals surface area contributed by atoms with Gasteiger partial charge in [0.05, 0.1) is 4.92 Å². The Morgan fingerprint density at radius 3 is 2.55 bits per heavy atom. The maximum atomic E-state index is 12.3. The molecule has 0 heterocycles. The number of benzene rings is 1. The Morgan fingerprint density at radius 1 is 1.40 bits per heavy atom. The molecule has 0 bridgehead atoms. The van der Waals surface area contributed by atoms with Gasteiger partial charge in [0.15, 0.2) is 0 Å². The molecular formula is C13H16N2O5. The minimum atomic E-state index is -1.12. The summed E-state index contributed by atoms with van der Waals surface area (Å²) in [6.45, 7) is 3.17. The van der Waals surface area contributed by atoms with E-state index in [4.69, 9.17) is 5.11 Å². The number of nitro groups is 1. The smallest absolute Gasteiger partial charge is 0.323 e. The van der Waals surface area contributed by atoms with Crippen molar-refractivity contribution in [2.24, 2.45) is 0 Å². The number of carbonyl (C=O) groups excluding carboxylic acids is 1. The van der Waals surface area contributed by atoms with Crippen LogP contribution in [0.25, 0.3) is 0 Å². The molecule has 0 spiro atoms. The molecule has 108 valence electrons. The van der Waals surface area contributed by atoms with E-state index in [0.29, 0.717) is 6.42 Å². The normalized spacial score (nSPS) is 10.1. The van der Waals surface area contributed by atoms with Crippen LogP contribution < -0.4 is 0 Å². The number of hydrogen-bond donors (Lipinski definition) is 1. The minimum absolute atomic E-state index is 0.150. The molecule has 0 radical (unpaired) electrons. The van der Waals surface area contributed by atoms with E-state index in [1.165, 1.54) is 30.0 Å². The van der Waals surface area contributed by atoms with Gasteiger partial charge in [-0.25, -0.2) is 0 Å². The molecule has 0 aromatic heterocycles. The van der Waals surface area contributed by atoms with Crippen LogP contribution in [-0.4, -0.2) is 39.9 Å². The van der Waals surface area contributed by atoms with Crippen LogP contribution in [0.3, 0.4) is 0 Å². The molecule has 0 aliphatic carbocycles. The largest absolute Gasteiger partial charge is 0.480 e. The average Bonchev–Trinajstić information content (AvgIpc) is 2.37. The lowest BCUT2D eigenvalue weighted by atomic mass is 10.1. The first-order chi connectivity index (χ1) is 9.38. The zero-order valence-corrected chi connectivity index (χ0v) is 11.3. The Balaban J connectivity index is 3.14. The van der Waals surface area contributed by atoms with E-state index in [2.05, 4.69) is 0 Å². The van der Waals surface area contributed by atoms with Crippen LogP contribution in [0.15, 0.2) is 18.2 Å². The highest BCUT2D eigenvalue weighted by molar-refractivity contribution is 5.98. The van der Waals surface area contributed by atoms with Crippen molar-refractivity contribution in [2.45, 2.75) is 20.3 Å². The summed E-state index contributed by atoms with van der Waals surface area (Å²) >= 11 is 0. The van der Waals surface area contributed by atoms with Crippen LogP contribution in [-0.2, 0) is 4.79 Å². The van der Waals surface area contributed by atoms with Crippen LogP contribution in [0.2, 0.25) is 0 Å². The standard InChI is InChI=1S/C13H16N2O5/c1-3-7-14(8-12(16)17)13(18)10-5-4-6-11(9(10)2)15(19)20/h4-6H,3,7-8H2,1-2H3,(H,16,17). The first kappa shape index (κ1) is 15.6. The van der Waals surface area contributed by atoms with Crippen molar-refractivity contribution in [3.8, 4) is 0 Å². The van der Waals surface area contributed by atoms with Crippen LogP contribution in [0.1, 0.15) is 29.3 Å². The van der Waals surface area contributed by atoms with E-state index in [-0.39, 0.29) is 23.4 Å². The Kier molecular flexibility index (Phi) is 5.19. The Hall–Kier alpha value is -2.44. The lowest BCUT2D eigenvalue weighted by Crippen LogP contribution is -2.36. The predicted molar refractivity (Wildman–Crippen MR) is 71.7 cm³/mol. The molecule has 0 atom stereocenters. The molecule has 0 unspecified atom stereocenters. The Morgan fingerprint density at radius 2 is 2.05 bits per heavy atom. The summed E-state index contributed by atoms with van der Waals surface area (Å²) in [6, 6.07) is 4.20. The number of carboxylic acid groups (broad SMARTS) is 1. The first-order valence-corrected chi connectivity index (χ1v) is 6.13. The molecule has 0 saturated carbocycles. The minimum Gasteiger partial charge on any atom is -0.480 e. The fraction of sp³-hybridized carbons (Fsp3) is 0.385. The lowest BCUT2D eigenvalue weighted by Gasteiger charge is -2.20. The third kappa shape index (κ3) is 3.53. The lowest BCUT2D eigenvalue weighted by molar-refractivity contribution is -0.385. The summed E-state index contributed by atoms with van der Waals surface area (Å²) in [5, 5.41) is 19.7. The fourth-order valence-electron chi connectivity index (χ4n) is 1.91. The van der Waals surface area contributed by atoms with Crippen molar-refractivity contribution in [1.29, 1.82) is 0 Å². The third-order valence-corrected chi connectivity index (χ3v) is 2.84. The van der Waals surface area contributed by atoms with Gasteiger partial charge in [-0.2, -0.15) is 0 Å². The molecule has 1 aromatic carbocycles. The molecule has 20 heavy (non-hydrogen) atoms. The van der Waals surface area contributed by atoms with Crippen LogP contribution in [0.5, 0.6) is 0 Å². The highest BCUT2D eigenvalue weighted by Crippen LogP contribution is 2.22. The van der Waals surface area contributed by atoms with E-state index in [1.807, 2.05) is 6.92 Å². The van der Waals surface area contributed by atoms with Gasteiger partial charge in [0.25, 0.3) is 11.6 Å². The molecule has 7 nitrogen and oxygen atoms in total. The SMILES string of the molecule is CCCN(CC(=O)O)C(=O)c1cccc([N+](=O)[O-])c1C. The predicted octanol–water partition coefficient (Wildman–Crippen LogP) is 1.84. The summed E-state index contributed by atoms with van der Waals surface area (Å²) < 4.78 is 0. The van der Waals surface area contributed by atoms with Crippen molar-refractivity contribution >= 4 is 17.6 Å². The maximum Gasteiger partial charge on any atom is 0.323 e. The van der Waals surface area contributed by atoms with Crippen LogP contribution in [0.4, 0.5) is 5.69 Å². The van der Waals surface area contributed by atoms with E-state index < -0.39 is 23.3 Å². The number of amides is 1. The van der Waals surface area contributed by atoms with Crippen molar-refractivity contribution in [1.82, 2.24) is 4.90 Å². The average molecular weight is 280 g/mol. The zero-order chi connectivity index (χ0) is 15.3. The molecule has 0 fully saturated rings. The van der Waals surface area contributed by atoms with E-state index in [0.717, 1.165) is 0 Å². The van der Waals surface area contributed by atoms with Gasteiger partial charge in [0, 0.05) is 23.7 Å². The number of nitro benzene ring substituents is 1. The molecule has 0 saturated heterocycles. The van der Waals surface area contributed by atoms with Crippen molar-refractivity contribution < 1.29 is 19.6 Å². The summed E-state index contributed by atoms with van der Waals surface area (Å²) in [4.78, 5) is 34.6. The highest BCUT2D eigenvalue weighted by Gasteiger charge is 2.23. The monoisotopic (exact) mass is 280 g/mol. The summed E-state index contributed by atoms with van der Waals surface area (Å²) in [7, 11) is 0. The van der Waals surface area contributed by atoms with Gasteiger partial charge in [-0.05, 0) is 19.4 Å². The topological polar surface area (TPSA) is 101 Å². The van der Waals surface area contributed by atoms with Crippen LogP contribution >= 0.6 is 0 Å². The Labute approximate surface area is 116 Å². The van der Waals surface area contributed by atoms with Gasteiger partial charge in [-0.15, -0.1) is 0 Å². The zero-order valence-electron chi connectivity index (χ0n) is 11.3. The second-order valence-electron chi connectivity index (χ2n) is 4.33. The molecule has 1 aromatic rings. The number of rotatable bonds is 6. The van der Waals surface area contributed by atoms with Gasteiger partial charge in [0.1, 0.15) is 6.54 Å². The fourth-order valence-corrected chi connectivity index (χ4v) is 1.91. The second kappa shape index (κ2) is 6.65. The molecule has 1 amide bonds. The second-order valence-corrected chi connectivity index (χ2v) is 4.33. The van der Waals surface area contributed by atoms with Gasteiger partial charge in [-0.1, -0.05) is 13.0 Å². The quantitative estimate of drug-likeness (QED) is 0.633. The summed E-state index contributed by atoms with van der Waals surface area (Å²) in [6.07, 6.45) is 0.604. The molecule has 0 aliphatic heterocycles. The van der Waals surface area contributed by atoms with Gasteiger partial charge >= 0.3 is 5.97 Å². The highest BCUT2D eigenvalue weighted by atomic mass is 16.6. The third-order valence-electron chi connectivity index (χ3n) is 2.84. The van der Waals surface area contributed by atoms with Crippen LogP contribution in [0, 0.1) is 17.0 Å². The van der Waals surface area contributed by atoms with E-state index in [9.17, 15) is 19.7 Å². The molecule has 0 aliphatic rings. The molecule has 7 heteroatoms. The van der Waals surface area contributed by atoms with Crippen molar-refractivity contribution in [3.63, 3.8) is 0 Å². The number of nitrogens with zero attached hydrogens (tertiary/aromatic N) is 2. The first-order valence-electron chi connectivity index (χ1n) is 6.13. The number of carboxylic acids is 1. The maximum absolute atomic E-state index is 12.3. The molecule has 1 N–H and O–H groups in total. The van der Waals surface area contributed by atoms with E-state index in [1.54, 1.807) is 0 Å². The molecular weight excluding hydrogens is 264 g/mol. The van der Waals surface area contributed by atoms with Gasteiger partial charge in [0.2, 0.25) is 0 Å². The van der Waals surface area contributed by atoms with Gasteiger partial charge < -0.3 is 10.0 Å². The number of aliphatic carboxylic acids is 1. The van der Waals surface area contributed by atoms with Crippen molar-refractivity contribution in [3.05, 3.63) is 39.4 Å².